The fraction of sp³-hybridized carbons (Fsp3) is 0.941. The van der Waals surface area contributed by atoms with Crippen molar-refractivity contribution in [2.24, 2.45) is 11.8 Å². The number of esters is 1. The number of aliphatic hydroxyl groups is 1. The molecule has 0 spiro atoms. The van der Waals surface area contributed by atoms with Gasteiger partial charge >= 0.3 is 5.97 Å². The Morgan fingerprint density at radius 1 is 1.00 bits per heavy atom. The van der Waals surface area contributed by atoms with Crippen molar-refractivity contribution in [1.29, 1.82) is 0 Å². The molecule has 2 radical (unpaired) electrons. The van der Waals surface area contributed by atoms with E-state index >= 15 is 0 Å². The Morgan fingerprint density at radius 2 is 1.56 bits per heavy atom. The molecule has 7 nitrogen and oxygen atoms in total. The van der Waals surface area contributed by atoms with E-state index in [9.17, 15) is 9.90 Å². The van der Waals surface area contributed by atoms with Crippen LogP contribution in [0.15, 0.2) is 0 Å². The molecule has 0 amide bonds. The summed E-state index contributed by atoms with van der Waals surface area (Å²) in [6, 6.07) is -0.559. The Bertz CT molecular complexity index is 490. The predicted molar refractivity (Wildman–Crippen MR) is 88.1 cm³/mol. The van der Waals surface area contributed by atoms with E-state index < -0.39 is 18.2 Å². The molecule has 4 fully saturated rings. The third-order valence-corrected chi connectivity index (χ3v) is 5.33. The van der Waals surface area contributed by atoms with Crippen molar-refractivity contribution in [2.45, 2.75) is 76.4 Å². The zero-order valence-corrected chi connectivity index (χ0v) is 15.2. The van der Waals surface area contributed by atoms with E-state index in [1.54, 1.807) is 0 Å². The van der Waals surface area contributed by atoms with E-state index in [1.165, 1.54) is 6.92 Å². The molecule has 8 heteroatoms. The number of ether oxygens (including phenoxy) is 5. The lowest BCUT2D eigenvalue weighted by Gasteiger charge is -2.19. The van der Waals surface area contributed by atoms with Crippen molar-refractivity contribution >= 4 is 13.8 Å². The molecule has 0 aromatic heterocycles. The molecule has 10 atom stereocenters. The van der Waals surface area contributed by atoms with Gasteiger partial charge in [0.2, 0.25) is 0 Å². The topological polar surface area (TPSA) is 83.5 Å². The minimum Gasteiger partial charge on any atom is -0.458 e. The average molecular weight is 354 g/mol. The van der Waals surface area contributed by atoms with E-state index in [0.717, 1.165) is 6.61 Å². The Labute approximate surface area is 149 Å². The first-order valence-electron chi connectivity index (χ1n) is 8.94. The van der Waals surface area contributed by atoms with Crippen LogP contribution in [-0.4, -0.2) is 80.9 Å². The molecule has 0 saturated carbocycles. The van der Waals surface area contributed by atoms with Gasteiger partial charge in [0.15, 0.2) is 0 Å². The lowest BCUT2D eigenvalue weighted by atomic mass is 9.92. The maximum atomic E-state index is 10.8. The summed E-state index contributed by atoms with van der Waals surface area (Å²) in [7, 11) is 5.70. The lowest BCUT2D eigenvalue weighted by molar-refractivity contribution is -0.152. The van der Waals surface area contributed by atoms with Gasteiger partial charge in [-0.25, -0.2) is 0 Å². The fourth-order valence-electron chi connectivity index (χ4n) is 3.92. The number of aliphatic hydroxyl groups excluding tert-OH is 1. The summed E-state index contributed by atoms with van der Waals surface area (Å²) < 4.78 is 27.0. The smallest absolute Gasteiger partial charge is 0.303 e. The van der Waals surface area contributed by atoms with E-state index in [4.69, 9.17) is 31.5 Å². The SMILES string of the molecule is C[C@@H]1COC2C1O[C@@H](C)[C@@H]2O.[B][C@@H]1OC2C(OC[C@H]2C)[C@H]1OC(C)=O. The predicted octanol–water partition coefficient (Wildman–Crippen LogP) is 0.0159. The highest BCUT2D eigenvalue weighted by Crippen LogP contribution is 2.35. The Morgan fingerprint density at radius 3 is 2.12 bits per heavy atom. The number of fused-ring (bicyclic) bond motifs is 2. The van der Waals surface area contributed by atoms with Crippen LogP contribution in [-0.2, 0) is 28.5 Å². The van der Waals surface area contributed by atoms with Crippen LogP contribution in [0.25, 0.3) is 0 Å². The first-order valence-corrected chi connectivity index (χ1v) is 8.94. The van der Waals surface area contributed by atoms with Crippen LogP contribution in [0.4, 0.5) is 0 Å². The van der Waals surface area contributed by atoms with Gasteiger partial charge in [0, 0.05) is 18.8 Å². The van der Waals surface area contributed by atoms with Crippen LogP contribution in [0.3, 0.4) is 0 Å². The summed E-state index contributed by atoms with van der Waals surface area (Å²) in [6.45, 7) is 8.74. The first-order chi connectivity index (χ1) is 11.8. The van der Waals surface area contributed by atoms with Gasteiger partial charge in [0.1, 0.15) is 32.3 Å². The molecule has 1 N–H and O–H groups in total. The number of hydrogen-bond donors (Lipinski definition) is 1. The highest BCUT2D eigenvalue weighted by molar-refractivity contribution is 6.11. The van der Waals surface area contributed by atoms with Crippen molar-refractivity contribution in [3.63, 3.8) is 0 Å². The molecule has 4 rings (SSSR count). The van der Waals surface area contributed by atoms with E-state index in [0.29, 0.717) is 18.4 Å². The second kappa shape index (κ2) is 7.52. The molecule has 0 aromatic rings. The van der Waals surface area contributed by atoms with Gasteiger partial charge in [-0.3, -0.25) is 4.79 Å². The van der Waals surface area contributed by atoms with Crippen LogP contribution in [0.5, 0.6) is 0 Å². The van der Waals surface area contributed by atoms with Crippen molar-refractivity contribution < 1.29 is 33.6 Å². The van der Waals surface area contributed by atoms with Crippen molar-refractivity contribution in [1.82, 2.24) is 0 Å². The summed E-state index contributed by atoms with van der Waals surface area (Å²) >= 11 is 0. The van der Waals surface area contributed by atoms with Gasteiger partial charge in [0.05, 0.1) is 37.5 Å². The molecule has 4 aliphatic heterocycles. The maximum absolute atomic E-state index is 10.8. The minimum absolute atomic E-state index is 0.0330. The fourth-order valence-corrected chi connectivity index (χ4v) is 3.92. The zero-order valence-electron chi connectivity index (χ0n) is 15.2. The van der Waals surface area contributed by atoms with Crippen LogP contribution in [0, 0.1) is 11.8 Å². The summed E-state index contributed by atoms with van der Waals surface area (Å²) in [5.74, 6) is 0.393. The van der Waals surface area contributed by atoms with Crippen molar-refractivity contribution in [3.05, 3.63) is 0 Å². The Kier molecular flexibility index (Phi) is 5.75. The third kappa shape index (κ3) is 3.73. The molecule has 4 saturated heterocycles. The number of carbonyl (C=O) groups excluding carboxylic acids is 1. The number of rotatable bonds is 1. The second-order valence-corrected chi connectivity index (χ2v) is 7.49. The van der Waals surface area contributed by atoms with Crippen LogP contribution in [0.1, 0.15) is 27.7 Å². The number of hydrogen-bond acceptors (Lipinski definition) is 7. The summed E-state index contributed by atoms with van der Waals surface area (Å²) in [5.41, 5.74) is 0. The highest BCUT2D eigenvalue weighted by atomic mass is 16.6. The molecular weight excluding hydrogens is 327 g/mol. The molecule has 0 aromatic carbocycles. The van der Waals surface area contributed by atoms with Gasteiger partial charge < -0.3 is 28.8 Å². The molecule has 0 aliphatic carbocycles. The molecule has 0 bridgehead atoms. The maximum Gasteiger partial charge on any atom is 0.303 e. The summed E-state index contributed by atoms with van der Waals surface area (Å²) in [4.78, 5) is 10.8. The molecule has 4 heterocycles. The first kappa shape index (κ1) is 19.1. The Hall–Kier alpha value is -0.665. The van der Waals surface area contributed by atoms with E-state index in [-0.39, 0.29) is 36.5 Å². The molecule has 4 unspecified atom stereocenters. The molecule has 25 heavy (non-hydrogen) atoms. The van der Waals surface area contributed by atoms with Gasteiger partial charge in [-0.2, -0.15) is 0 Å². The second-order valence-electron chi connectivity index (χ2n) is 7.49. The number of carbonyl (C=O) groups is 1. The normalized spacial score (nSPS) is 50.8. The van der Waals surface area contributed by atoms with E-state index in [1.807, 2.05) is 13.8 Å². The molecular formula is C17H27BO7. The highest BCUT2D eigenvalue weighted by Gasteiger charge is 2.51. The summed E-state index contributed by atoms with van der Waals surface area (Å²) in [6.07, 6.45) is -1.11. The van der Waals surface area contributed by atoms with Crippen LogP contribution < -0.4 is 0 Å². The van der Waals surface area contributed by atoms with Crippen molar-refractivity contribution in [2.75, 3.05) is 13.2 Å². The van der Waals surface area contributed by atoms with Gasteiger partial charge in [0.25, 0.3) is 0 Å². The third-order valence-electron chi connectivity index (χ3n) is 5.33. The lowest BCUT2D eigenvalue weighted by Crippen LogP contribution is -2.36. The van der Waals surface area contributed by atoms with Gasteiger partial charge in [-0.05, 0) is 6.92 Å². The molecule has 4 aliphatic rings. The zero-order chi connectivity index (χ0) is 18.3. The van der Waals surface area contributed by atoms with E-state index in [2.05, 4.69) is 6.92 Å². The van der Waals surface area contributed by atoms with Gasteiger partial charge in [-0.1, -0.05) is 13.8 Å². The standard InChI is InChI=1S/C9H13BO4.C8H14O3/c1-4-3-12-7-6(4)14-9(10)8(7)13-5(2)11;1-4-3-10-8-6(9)5(2)11-7(4)8/h4,6-9H,3H2,1-2H3;4-9H,3H2,1-2H3/t4-,6?,7?,8-,9-;4-,5+,6+,7?,8?/m11/s1. The minimum atomic E-state index is -0.559. The largest absolute Gasteiger partial charge is 0.458 e. The monoisotopic (exact) mass is 354 g/mol. The van der Waals surface area contributed by atoms with Gasteiger partial charge in [-0.15, -0.1) is 0 Å². The Balaban J connectivity index is 0.000000150. The van der Waals surface area contributed by atoms with Crippen LogP contribution in [0.2, 0.25) is 0 Å². The van der Waals surface area contributed by atoms with Crippen molar-refractivity contribution in [3.8, 4) is 0 Å². The summed E-state index contributed by atoms with van der Waals surface area (Å²) in [5, 5.41) is 9.54. The van der Waals surface area contributed by atoms with Crippen LogP contribution >= 0.6 is 0 Å². The quantitative estimate of drug-likeness (QED) is 0.525. The molecule has 140 valence electrons. The average Bonchev–Trinajstić information content (AvgIpc) is 3.24.